The standard InChI is InChI=1S/C19H25N5O2/c1-23-13-15(12-21-23)19-14(10-18(26)24(19)2)11-20-9-8-17(25)22-16-6-4-3-5-7-16/h3-7,12-14,19-20H,8-11H2,1-2H3,(H,22,25)/t14-,19+/m1/s1. The highest BCUT2D eigenvalue weighted by atomic mass is 16.2. The van der Waals surface area contributed by atoms with Crippen molar-refractivity contribution < 1.29 is 9.59 Å². The largest absolute Gasteiger partial charge is 0.338 e. The molecule has 7 nitrogen and oxygen atoms in total. The fraction of sp³-hybridized carbons (Fsp3) is 0.421. The number of anilines is 1. The van der Waals surface area contributed by atoms with E-state index in [1.165, 1.54) is 0 Å². The number of hydrogen-bond acceptors (Lipinski definition) is 4. The zero-order valence-electron chi connectivity index (χ0n) is 15.2. The van der Waals surface area contributed by atoms with Crippen LogP contribution in [0.3, 0.4) is 0 Å². The van der Waals surface area contributed by atoms with Crippen LogP contribution in [0, 0.1) is 5.92 Å². The van der Waals surface area contributed by atoms with Crippen molar-refractivity contribution in [3.63, 3.8) is 0 Å². The first-order chi connectivity index (χ1) is 12.5. The van der Waals surface area contributed by atoms with Crippen molar-refractivity contribution in [2.24, 2.45) is 13.0 Å². The van der Waals surface area contributed by atoms with Gasteiger partial charge < -0.3 is 15.5 Å². The van der Waals surface area contributed by atoms with E-state index < -0.39 is 0 Å². The van der Waals surface area contributed by atoms with Gasteiger partial charge in [-0.2, -0.15) is 5.10 Å². The number of likely N-dealkylation sites (tertiary alicyclic amines) is 1. The molecule has 2 aromatic rings. The van der Waals surface area contributed by atoms with Crippen LogP contribution < -0.4 is 10.6 Å². The lowest BCUT2D eigenvalue weighted by molar-refractivity contribution is -0.127. The number of rotatable bonds is 7. The van der Waals surface area contributed by atoms with E-state index in [2.05, 4.69) is 15.7 Å². The molecule has 2 amide bonds. The fourth-order valence-electron chi connectivity index (χ4n) is 3.46. The van der Waals surface area contributed by atoms with Crippen LogP contribution in [-0.2, 0) is 16.6 Å². The maximum atomic E-state index is 12.1. The van der Waals surface area contributed by atoms with E-state index in [0.717, 1.165) is 11.3 Å². The average Bonchev–Trinajstić information content (AvgIpc) is 3.16. The predicted molar refractivity (Wildman–Crippen MR) is 99.4 cm³/mol. The molecule has 1 aliphatic rings. The second kappa shape index (κ2) is 8.14. The van der Waals surface area contributed by atoms with Gasteiger partial charge in [0.2, 0.25) is 11.8 Å². The van der Waals surface area contributed by atoms with E-state index in [9.17, 15) is 9.59 Å². The summed E-state index contributed by atoms with van der Waals surface area (Å²) >= 11 is 0. The third-order valence-corrected chi connectivity index (χ3v) is 4.75. The molecular formula is C19H25N5O2. The third-order valence-electron chi connectivity index (χ3n) is 4.75. The van der Waals surface area contributed by atoms with Crippen LogP contribution >= 0.6 is 0 Å². The van der Waals surface area contributed by atoms with Crippen molar-refractivity contribution in [1.29, 1.82) is 0 Å². The molecule has 1 aliphatic heterocycles. The molecule has 0 bridgehead atoms. The number of aromatic nitrogens is 2. The fourth-order valence-corrected chi connectivity index (χ4v) is 3.46. The lowest BCUT2D eigenvalue weighted by Gasteiger charge is -2.24. The third kappa shape index (κ3) is 4.29. The number of carbonyl (C=O) groups is 2. The van der Waals surface area contributed by atoms with Gasteiger partial charge in [0.15, 0.2) is 0 Å². The first kappa shape index (κ1) is 18.1. The van der Waals surface area contributed by atoms with E-state index in [1.807, 2.05) is 56.8 Å². The second-order valence-electron chi connectivity index (χ2n) is 6.73. The number of carbonyl (C=O) groups excluding carboxylic acids is 2. The van der Waals surface area contributed by atoms with Crippen molar-refractivity contribution in [3.05, 3.63) is 48.3 Å². The number of para-hydroxylation sites is 1. The zero-order valence-corrected chi connectivity index (χ0v) is 15.2. The summed E-state index contributed by atoms with van der Waals surface area (Å²) < 4.78 is 1.75. The van der Waals surface area contributed by atoms with Gasteiger partial charge in [0.05, 0.1) is 12.2 Å². The van der Waals surface area contributed by atoms with E-state index >= 15 is 0 Å². The molecule has 0 unspecified atom stereocenters. The normalized spacial score (nSPS) is 19.8. The van der Waals surface area contributed by atoms with Crippen LogP contribution in [0.2, 0.25) is 0 Å². The summed E-state index contributed by atoms with van der Waals surface area (Å²) in [5, 5.41) is 10.4. The van der Waals surface area contributed by atoms with Gasteiger partial charge in [-0.1, -0.05) is 18.2 Å². The summed E-state index contributed by atoms with van der Waals surface area (Å²) in [4.78, 5) is 25.9. The van der Waals surface area contributed by atoms with Crippen LogP contribution in [0.25, 0.3) is 0 Å². The molecule has 0 saturated carbocycles. The molecule has 138 valence electrons. The Kier molecular flexibility index (Phi) is 5.68. The molecular weight excluding hydrogens is 330 g/mol. The average molecular weight is 355 g/mol. The Balaban J connectivity index is 1.47. The molecule has 1 aromatic carbocycles. The number of nitrogens with one attached hydrogen (secondary N) is 2. The van der Waals surface area contributed by atoms with Crippen molar-refractivity contribution >= 4 is 17.5 Å². The van der Waals surface area contributed by atoms with E-state index in [-0.39, 0.29) is 23.8 Å². The molecule has 2 atom stereocenters. The highest BCUT2D eigenvalue weighted by molar-refractivity contribution is 5.90. The highest BCUT2D eigenvalue weighted by Gasteiger charge is 2.38. The quantitative estimate of drug-likeness (QED) is 0.739. The Labute approximate surface area is 153 Å². The molecule has 1 saturated heterocycles. The van der Waals surface area contributed by atoms with Crippen molar-refractivity contribution in [2.45, 2.75) is 18.9 Å². The topological polar surface area (TPSA) is 79.3 Å². The monoisotopic (exact) mass is 355 g/mol. The van der Waals surface area contributed by atoms with Gasteiger partial charge in [-0.15, -0.1) is 0 Å². The lowest BCUT2D eigenvalue weighted by atomic mass is 9.96. The Bertz CT molecular complexity index is 758. The summed E-state index contributed by atoms with van der Waals surface area (Å²) in [5.74, 6) is 0.300. The Morgan fingerprint density at radius 2 is 2.04 bits per heavy atom. The predicted octanol–water partition coefficient (Wildman–Crippen LogP) is 1.56. The maximum absolute atomic E-state index is 12.1. The molecule has 7 heteroatoms. The molecule has 2 heterocycles. The Hall–Kier alpha value is -2.67. The van der Waals surface area contributed by atoms with Crippen molar-refractivity contribution in [2.75, 3.05) is 25.5 Å². The molecule has 2 N–H and O–H groups in total. The summed E-state index contributed by atoms with van der Waals surface area (Å²) in [7, 11) is 3.71. The summed E-state index contributed by atoms with van der Waals surface area (Å²) in [6, 6.07) is 9.45. The van der Waals surface area contributed by atoms with Crippen LogP contribution in [0.4, 0.5) is 5.69 Å². The van der Waals surface area contributed by atoms with Crippen LogP contribution in [0.5, 0.6) is 0 Å². The van der Waals surface area contributed by atoms with Crippen LogP contribution in [0.15, 0.2) is 42.7 Å². The van der Waals surface area contributed by atoms with Gasteiger partial charge in [-0.3, -0.25) is 14.3 Å². The number of amides is 2. The highest BCUT2D eigenvalue weighted by Crippen LogP contribution is 2.36. The van der Waals surface area contributed by atoms with E-state index in [0.29, 0.717) is 25.9 Å². The minimum Gasteiger partial charge on any atom is -0.338 e. The lowest BCUT2D eigenvalue weighted by Crippen LogP contribution is -2.30. The smallest absolute Gasteiger partial charge is 0.225 e. The molecule has 26 heavy (non-hydrogen) atoms. The summed E-state index contributed by atoms with van der Waals surface area (Å²) in [6.07, 6.45) is 4.68. The van der Waals surface area contributed by atoms with E-state index in [1.54, 1.807) is 9.58 Å². The van der Waals surface area contributed by atoms with Gasteiger partial charge >= 0.3 is 0 Å². The zero-order chi connectivity index (χ0) is 18.5. The van der Waals surface area contributed by atoms with Crippen molar-refractivity contribution in [1.82, 2.24) is 20.0 Å². The summed E-state index contributed by atoms with van der Waals surface area (Å²) in [5.41, 5.74) is 1.85. The molecule has 3 rings (SSSR count). The van der Waals surface area contributed by atoms with Gasteiger partial charge in [-0.25, -0.2) is 0 Å². The molecule has 1 fully saturated rings. The number of aryl methyl sites for hydroxylation is 1. The van der Waals surface area contributed by atoms with Gasteiger partial charge in [0, 0.05) is 63.4 Å². The molecule has 0 radical (unpaired) electrons. The minimum atomic E-state index is -0.0212. The van der Waals surface area contributed by atoms with Crippen LogP contribution in [0.1, 0.15) is 24.4 Å². The number of hydrogen-bond donors (Lipinski definition) is 2. The Morgan fingerprint density at radius 3 is 2.73 bits per heavy atom. The van der Waals surface area contributed by atoms with Gasteiger partial charge in [0.25, 0.3) is 0 Å². The SMILES string of the molecule is CN1C(=O)C[C@H](CNCCC(=O)Nc2ccccc2)[C@H]1c1cnn(C)c1. The molecule has 0 aliphatic carbocycles. The molecule has 0 spiro atoms. The summed E-state index contributed by atoms with van der Waals surface area (Å²) in [6.45, 7) is 1.26. The van der Waals surface area contributed by atoms with Crippen molar-refractivity contribution in [3.8, 4) is 0 Å². The second-order valence-corrected chi connectivity index (χ2v) is 6.73. The van der Waals surface area contributed by atoms with Gasteiger partial charge in [-0.05, 0) is 12.1 Å². The molecule has 1 aromatic heterocycles. The van der Waals surface area contributed by atoms with E-state index in [4.69, 9.17) is 0 Å². The Morgan fingerprint density at radius 1 is 1.27 bits per heavy atom. The maximum Gasteiger partial charge on any atom is 0.225 e. The number of benzene rings is 1. The first-order valence-electron chi connectivity index (χ1n) is 8.84. The van der Waals surface area contributed by atoms with Gasteiger partial charge in [0.1, 0.15) is 0 Å². The van der Waals surface area contributed by atoms with Crippen LogP contribution in [-0.4, -0.2) is 46.6 Å². The first-order valence-corrected chi connectivity index (χ1v) is 8.84. The number of nitrogens with zero attached hydrogens (tertiary/aromatic N) is 3. The minimum absolute atomic E-state index is 0.0212.